The van der Waals surface area contributed by atoms with Gasteiger partial charge in [-0.15, -0.1) is 5.10 Å². The zero-order chi connectivity index (χ0) is 10.8. The van der Waals surface area contributed by atoms with Gasteiger partial charge in [-0.25, -0.2) is 14.6 Å². The van der Waals surface area contributed by atoms with Crippen LogP contribution in [-0.4, -0.2) is 31.0 Å². The van der Waals surface area contributed by atoms with E-state index in [0.717, 1.165) is 17.9 Å². The Kier molecular flexibility index (Phi) is 2.34. The molecule has 82 valence electrons. The Labute approximate surface area is 92.7 Å². The maximum atomic E-state index is 4.03. The van der Waals surface area contributed by atoms with Gasteiger partial charge in [0.05, 0.1) is 24.3 Å². The van der Waals surface area contributed by atoms with Crippen LogP contribution in [0, 0.1) is 0 Å². The Morgan fingerprint density at radius 1 is 1.25 bits per heavy atom. The van der Waals surface area contributed by atoms with Crippen molar-refractivity contribution in [2.75, 3.05) is 0 Å². The van der Waals surface area contributed by atoms with E-state index in [0.29, 0.717) is 6.04 Å². The largest absolute Gasteiger partial charge is 0.308 e. The summed E-state index contributed by atoms with van der Waals surface area (Å²) in [5, 5.41) is 11.4. The Hall–Kier alpha value is -1.82. The van der Waals surface area contributed by atoms with Crippen molar-refractivity contribution in [3.8, 4) is 5.69 Å². The average molecular weight is 216 g/mol. The van der Waals surface area contributed by atoms with E-state index in [1.54, 1.807) is 23.3 Å². The molecule has 16 heavy (non-hydrogen) atoms. The number of nitrogens with zero attached hydrogens (tertiary/aromatic N) is 5. The van der Waals surface area contributed by atoms with Crippen LogP contribution in [0.4, 0.5) is 0 Å². The molecule has 1 aliphatic rings. The minimum absolute atomic E-state index is 0.676. The lowest BCUT2D eigenvalue weighted by Crippen LogP contribution is -2.18. The monoisotopic (exact) mass is 216 g/mol. The summed E-state index contributed by atoms with van der Waals surface area (Å²) in [5.41, 5.74) is 1.87. The van der Waals surface area contributed by atoms with Gasteiger partial charge in [-0.1, -0.05) is 5.21 Å². The molecule has 0 aromatic carbocycles. The molecule has 0 atom stereocenters. The van der Waals surface area contributed by atoms with E-state index >= 15 is 0 Å². The molecule has 0 unspecified atom stereocenters. The average Bonchev–Trinajstić information content (AvgIpc) is 3.05. The first-order chi connectivity index (χ1) is 7.93. The third kappa shape index (κ3) is 1.92. The Bertz CT molecular complexity index is 461. The molecule has 0 aliphatic heterocycles. The predicted molar refractivity (Wildman–Crippen MR) is 56.8 cm³/mol. The molecule has 1 aliphatic carbocycles. The smallest absolute Gasteiger partial charge is 0.115 e. The van der Waals surface area contributed by atoms with Crippen LogP contribution in [0.1, 0.15) is 18.5 Å². The first-order valence-corrected chi connectivity index (χ1v) is 5.32. The standard InChI is InChI=1S/C10H12N6/c1-2-8(1)13-5-10-6-14-15-16(10)9-3-11-7-12-4-9/h3-4,6-8,13H,1-2,5H2. The van der Waals surface area contributed by atoms with Gasteiger partial charge in [0.15, 0.2) is 0 Å². The highest BCUT2D eigenvalue weighted by Gasteiger charge is 2.20. The van der Waals surface area contributed by atoms with Gasteiger partial charge in [0.1, 0.15) is 12.0 Å². The van der Waals surface area contributed by atoms with Gasteiger partial charge in [-0.2, -0.15) is 0 Å². The van der Waals surface area contributed by atoms with Gasteiger partial charge in [-0.3, -0.25) is 0 Å². The lowest BCUT2D eigenvalue weighted by Gasteiger charge is -2.05. The number of hydrogen-bond acceptors (Lipinski definition) is 5. The topological polar surface area (TPSA) is 68.5 Å². The second kappa shape index (κ2) is 3.97. The summed E-state index contributed by atoms with van der Waals surface area (Å²) in [6.07, 6.45) is 9.27. The molecule has 0 amide bonds. The summed E-state index contributed by atoms with van der Waals surface area (Å²) in [6, 6.07) is 0.676. The minimum Gasteiger partial charge on any atom is -0.308 e. The van der Waals surface area contributed by atoms with Crippen molar-refractivity contribution in [2.45, 2.75) is 25.4 Å². The van der Waals surface area contributed by atoms with E-state index in [9.17, 15) is 0 Å². The molecule has 0 spiro atoms. The van der Waals surface area contributed by atoms with E-state index < -0.39 is 0 Å². The van der Waals surface area contributed by atoms with Gasteiger partial charge in [0.2, 0.25) is 0 Å². The Balaban J connectivity index is 1.81. The number of aromatic nitrogens is 5. The van der Waals surface area contributed by atoms with Crippen molar-refractivity contribution in [2.24, 2.45) is 0 Å². The lowest BCUT2D eigenvalue weighted by molar-refractivity contribution is 0.645. The molecule has 0 saturated heterocycles. The van der Waals surface area contributed by atoms with Crippen LogP contribution in [0.3, 0.4) is 0 Å². The zero-order valence-corrected chi connectivity index (χ0v) is 8.74. The summed E-state index contributed by atoms with van der Waals surface area (Å²) in [6.45, 7) is 0.784. The first-order valence-electron chi connectivity index (χ1n) is 5.32. The normalized spacial score (nSPS) is 15.2. The van der Waals surface area contributed by atoms with Crippen LogP contribution < -0.4 is 5.32 Å². The van der Waals surface area contributed by atoms with Crippen molar-refractivity contribution in [1.29, 1.82) is 0 Å². The van der Waals surface area contributed by atoms with E-state index in [-0.39, 0.29) is 0 Å². The maximum Gasteiger partial charge on any atom is 0.115 e. The van der Waals surface area contributed by atoms with E-state index in [2.05, 4.69) is 25.6 Å². The van der Waals surface area contributed by atoms with E-state index in [1.165, 1.54) is 19.2 Å². The van der Waals surface area contributed by atoms with Crippen molar-refractivity contribution < 1.29 is 0 Å². The summed E-state index contributed by atoms with van der Waals surface area (Å²) >= 11 is 0. The molecule has 2 aromatic rings. The van der Waals surface area contributed by atoms with Crippen LogP contribution in [0.25, 0.3) is 5.69 Å². The van der Waals surface area contributed by atoms with Crippen molar-refractivity contribution >= 4 is 0 Å². The summed E-state index contributed by atoms with van der Waals surface area (Å²) in [7, 11) is 0. The van der Waals surface area contributed by atoms with Crippen molar-refractivity contribution in [3.05, 3.63) is 30.6 Å². The van der Waals surface area contributed by atoms with Crippen molar-refractivity contribution in [3.63, 3.8) is 0 Å². The van der Waals surface area contributed by atoms with Gasteiger partial charge in [-0.05, 0) is 12.8 Å². The maximum absolute atomic E-state index is 4.03. The zero-order valence-electron chi connectivity index (χ0n) is 8.74. The summed E-state index contributed by atoms with van der Waals surface area (Å²) < 4.78 is 1.76. The van der Waals surface area contributed by atoms with E-state index in [4.69, 9.17) is 0 Å². The molecule has 0 bridgehead atoms. The highest BCUT2D eigenvalue weighted by atomic mass is 15.4. The van der Waals surface area contributed by atoms with Crippen LogP contribution in [0.15, 0.2) is 24.9 Å². The molecule has 1 fully saturated rings. The van der Waals surface area contributed by atoms with E-state index in [1.807, 2.05) is 0 Å². The number of hydrogen-bond donors (Lipinski definition) is 1. The lowest BCUT2D eigenvalue weighted by atomic mass is 10.4. The second-order valence-corrected chi connectivity index (χ2v) is 3.89. The Morgan fingerprint density at radius 3 is 2.81 bits per heavy atom. The molecule has 3 rings (SSSR count). The molecule has 1 saturated carbocycles. The van der Waals surface area contributed by atoms with Gasteiger partial charge >= 0.3 is 0 Å². The fourth-order valence-electron chi connectivity index (χ4n) is 1.53. The van der Waals surface area contributed by atoms with Gasteiger partial charge < -0.3 is 5.32 Å². The summed E-state index contributed by atoms with van der Waals surface area (Å²) in [4.78, 5) is 7.94. The Morgan fingerprint density at radius 2 is 2.06 bits per heavy atom. The van der Waals surface area contributed by atoms with Gasteiger partial charge in [0.25, 0.3) is 0 Å². The van der Waals surface area contributed by atoms with Gasteiger partial charge in [0, 0.05) is 12.6 Å². The SMILES string of the molecule is c1ncc(-n2nncc2CNC2CC2)cn1. The third-order valence-corrected chi connectivity index (χ3v) is 2.56. The quantitative estimate of drug-likeness (QED) is 0.796. The predicted octanol–water partition coefficient (Wildman–Crippen LogP) is 0.309. The van der Waals surface area contributed by atoms with Crippen LogP contribution in [0.2, 0.25) is 0 Å². The van der Waals surface area contributed by atoms with Crippen molar-refractivity contribution in [1.82, 2.24) is 30.3 Å². The molecule has 1 N–H and O–H groups in total. The second-order valence-electron chi connectivity index (χ2n) is 3.89. The fourth-order valence-corrected chi connectivity index (χ4v) is 1.53. The molecule has 6 heteroatoms. The van der Waals surface area contributed by atoms with Crippen LogP contribution in [0.5, 0.6) is 0 Å². The molecule has 0 radical (unpaired) electrons. The first kappa shape index (κ1) is 9.41. The molecule has 6 nitrogen and oxygen atoms in total. The number of rotatable bonds is 4. The van der Waals surface area contributed by atoms with Crippen LogP contribution in [-0.2, 0) is 6.54 Å². The molecular weight excluding hydrogens is 204 g/mol. The summed E-state index contributed by atoms with van der Waals surface area (Å²) in [5.74, 6) is 0. The minimum atomic E-state index is 0.676. The number of nitrogens with one attached hydrogen (secondary N) is 1. The highest BCUT2D eigenvalue weighted by Crippen LogP contribution is 2.19. The fraction of sp³-hybridized carbons (Fsp3) is 0.400. The van der Waals surface area contributed by atoms with Crippen LogP contribution >= 0.6 is 0 Å². The molecular formula is C10H12N6. The highest BCUT2D eigenvalue weighted by molar-refractivity contribution is 5.24. The third-order valence-electron chi connectivity index (χ3n) is 2.56. The molecule has 2 aromatic heterocycles. The molecule has 2 heterocycles.